The van der Waals surface area contributed by atoms with E-state index in [1.54, 1.807) is 0 Å². The number of hydrogen-bond donors (Lipinski definition) is 1. The van der Waals surface area contributed by atoms with Crippen molar-refractivity contribution in [2.75, 3.05) is 7.05 Å². The average Bonchev–Trinajstić information content (AvgIpc) is 3.12. The van der Waals surface area contributed by atoms with E-state index in [4.69, 9.17) is 0 Å². The molecule has 0 saturated heterocycles. The molecule has 0 spiro atoms. The SMILES string of the molecule is Cc1cccc(CNC(=O)C2CC[C@H]3[C@@H]4CCC5N(C)C(=O)C=C[C@]5(C)[C@@H]4CC[C@]23C)c1. The van der Waals surface area contributed by atoms with Gasteiger partial charge in [-0.25, -0.2) is 0 Å². The molecule has 1 aliphatic heterocycles. The Kier molecular flexibility index (Phi) is 5.26. The number of fused-ring (bicyclic) bond motifs is 5. The van der Waals surface area contributed by atoms with E-state index >= 15 is 0 Å². The van der Waals surface area contributed by atoms with E-state index in [2.05, 4.69) is 56.4 Å². The van der Waals surface area contributed by atoms with Crippen LogP contribution in [0.15, 0.2) is 36.4 Å². The van der Waals surface area contributed by atoms with Crippen LogP contribution in [0.5, 0.6) is 0 Å². The molecule has 2 unspecified atom stereocenters. The molecule has 1 N–H and O–H groups in total. The number of amides is 2. The maximum atomic E-state index is 13.3. The number of hydrogen-bond acceptors (Lipinski definition) is 2. The maximum Gasteiger partial charge on any atom is 0.246 e. The highest BCUT2D eigenvalue weighted by Crippen LogP contribution is 2.65. The van der Waals surface area contributed by atoms with Crippen molar-refractivity contribution in [2.24, 2.45) is 34.5 Å². The first-order valence-corrected chi connectivity index (χ1v) is 12.5. The standard InChI is InChI=1S/C28H38N2O2/c1-18-6-5-7-19(16-18)17-29-26(32)23-10-9-21-20-8-11-24-28(3,15-13-25(31)30(24)4)22(20)12-14-27(21,23)2/h5-7,13,15-16,20-24H,8-12,14,17H2,1-4H3,(H,29,32)/t20-,21-,22+,23?,24?,27-,28+/m0/s1. The van der Waals surface area contributed by atoms with Gasteiger partial charge in [-0.1, -0.05) is 49.8 Å². The molecule has 0 aromatic heterocycles. The van der Waals surface area contributed by atoms with Crippen LogP contribution in [0.4, 0.5) is 0 Å². The number of rotatable bonds is 3. The second-order valence-electron chi connectivity index (χ2n) is 11.5. The molecule has 5 rings (SSSR count). The molecule has 172 valence electrons. The second-order valence-corrected chi connectivity index (χ2v) is 11.5. The normalized spacial score (nSPS) is 40.4. The van der Waals surface area contributed by atoms with Gasteiger partial charge in [0.25, 0.3) is 0 Å². The lowest BCUT2D eigenvalue weighted by Crippen LogP contribution is -2.59. The summed E-state index contributed by atoms with van der Waals surface area (Å²) in [5.74, 6) is 2.41. The Bertz CT molecular complexity index is 955. The predicted molar refractivity (Wildman–Crippen MR) is 127 cm³/mol. The molecule has 1 heterocycles. The Morgan fingerprint density at radius 2 is 1.94 bits per heavy atom. The summed E-state index contributed by atoms with van der Waals surface area (Å²) in [5, 5.41) is 3.27. The number of likely N-dealkylation sites (N-methyl/N-ethyl adjacent to an activating group) is 1. The largest absolute Gasteiger partial charge is 0.352 e. The zero-order chi connectivity index (χ0) is 22.7. The molecule has 0 radical (unpaired) electrons. The van der Waals surface area contributed by atoms with Gasteiger partial charge in [-0.2, -0.15) is 0 Å². The van der Waals surface area contributed by atoms with Gasteiger partial charge < -0.3 is 10.2 Å². The van der Waals surface area contributed by atoms with Crippen LogP contribution in [0.3, 0.4) is 0 Å². The van der Waals surface area contributed by atoms with Crippen molar-refractivity contribution in [2.45, 2.75) is 71.9 Å². The minimum atomic E-state index is 0.0679. The van der Waals surface area contributed by atoms with Gasteiger partial charge in [0.1, 0.15) is 0 Å². The third-order valence-electron chi connectivity index (χ3n) is 9.99. The van der Waals surface area contributed by atoms with E-state index in [9.17, 15) is 9.59 Å². The van der Waals surface area contributed by atoms with Crippen LogP contribution in [0, 0.1) is 41.4 Å². The van der Waals surface area contributed by atoms with E-state index in [-0.39, 0.29) is 28.6 Å². The quantitative estimate of drug-likeness (QED) is 0.738. The van der Waals surface area contributed by atoms with Crippen molar-refractivity contribution < 1.29 is 9.59 Å². The van der Waals surface area contributed by atoms with Gasteiger partial charge in [-0.15, -0.1) is 0 Å². The van der Waals surface area contributed by atoms with E-state index in [1.165, 1.54) is 30.4 Å². The van der Waals surface area contributed by atoms with Crippen molar-refractivity contribution >= 4 is 11.8 Å². The molecule has 2 amide bonds. The molecule has 1 aromatic rings. The van der Waals surface area contributed by atoms with Crippen LogP contribution in [0.2, 0.25) is 0 Å². The summed E-state index contributed by atoms with van der Waals surface area (Å²) in [6.07, 6.45) is 10.8. The van der Waals surface area contributed by atoms with Gasteiger partial charge >= 0.3 is 0 Å². The van der Waals surface area contributed by atoms with Gasteiger partial charge in [0.2, 0.25) is 11.8 Å². The van der Waals surface area contributed by atoms with Crippen molar-refractivity contribution in [3.63, 3.8) is 0 Å². The van der Waals surface area contributed by atoms with E-state index in [0.29, 0.717) is 30.3 Å². The molecule has 7 atom stereocenters. The Hall–Kier alpha value is -2.10. The van der Waals surface area contributed by atoms with Gasteiger partial charge in [0, 0.05) is 31.0 Å². The highest BCUT2D eigenvalue weighted by atomic mass is 16.2. The third-order valence-corrected chi connectivity index (χ3v) is 9.99. The fourth-order valence-electron chi connectivity index (χ4n) is 8.30. The highest BCUT2D eigenvalue weighted by molar-refractivity contribution is 5.89. The van der Waals surface area contributed by atoms with Crippen molar-refractivity contribution in [3.05, 3.63) is 47.5 Å². The molecule has 0 bridgehead atoms. The van der Waals surface area contributed by atoms with Gasteiger partial charge in [0.05, 0.1) is 0 Å². The predicted octanol–water partition coefficient (Wildman–Crippen LogP) is 4.87. The average molecular weight is 435 g/mol. The maximum absolute atomic E-state index is 13.3. The van der Waals surface area contributed by atoms with Crippen molar-refractivity contribution in [1.82, 2.24) is 10.2 Å². The Morgan fingerprint density at radius 3 is 2.72 bits per heavy atom. The molecule has 3 fully saturated rings. The van der Waals surface area contributed by atoms with E-state index in [0.717, 1.165) is 19.3 Å². The van der Waals surface area contributed by atoms with Crippen LogP contribution in [-0.4, -0.2) is 29.8 Å². The summed E-state index contributed by atoms with van der Waals surface area (Å²) in [6, 6.07) is 8.73. The minimum Gasteiger partial charge on any atom is -0.352 e. The molecule has 3 aliphatic carbocycles. The van der Waals surface area contributed by atoms with Gasteiger partial charge in [-0.05, 0) is 80.3 Å². The third kappa shape index (κ3) is 3.24. The lowest BCUT2D eigenvalue weighted by Gasteiger charge is -2.60. The molecular formula is C28H38N2O2. The minimum absolute atomic E-state index is 0.0679. The Morgan fingerprint density at radius 1 is 1.12 bits per heavy atom. The van der Waals surface area contributed by atoms with Crippen molar-refractivity contribution in [3.8, 4) is 0 Å². The monoisotopic (exact) mass is 434 g/mol. The smallest absolute Gasteiger partial charge is 0.246 e. The van der Waals surface area contributed by atoms with Crippen molar-refractivity contribution in [1.29, 1.82) is 0 Å². The Balaban J connectivity index is 1.32. The van der Waals surface area contributed by atoms with Crippen LogP contribution < -0.4 is 5.32 Å². The first-order valence-electron chi connectivity index (χ1n) is 12.5. The van der Waals surface area contributed by atoms with Gasteiger partial charge in [0.15, 0.2) is 0 Å². The zero-order valence-electron chi connectivity index (χ0n) is 20.1. The summed E-state index contributed by atoms with van der Waals surface area (Å²) in [4.78, 5) is 27.6. The molecule has 4 aliphatic rings. The summed E-state index contributed by atoms with van der Waals surface area (Å²) >= 11 is 0. The number of nitrogens with zero attached hydrogens (tertiary/aromatic N) is 1. The molecular weight excluding hydrogens is 396 g/mol. The summed E-state index contributed by atoms with van der Waals surface area (Å²) in [5.41, 5.74) is 2.58. The second kappa shape index (κ2) is 7.74. The molecule has 1 aromatic carbocycles. The number of benzene rings is 1. The molecule has 3 saturated carbocycles. The Labute approximate surface area is 192 Å². The summed E-state index contributed by atoms with van der Waals surface area (Å²) in [7, 11) is 1.98. The highest BCUT2D eigenvalue weighted by Gasteiger charge is 2.61. The fraction of sp³-hybridized carbons (Fsp3) is 0.643. The van der Waals surface area contributed by atoms with Crippen LogP contribution in [0.25, 0.3) is 0 Å². The van der Waals surface area contributed by atoms with E-state index < -0.39 is 0 Å². The molecule has 32 heavy (non-hydrogen) atoms. The topological polar surface area (TPSA) is 49.4 Å². The lowest BCUT2D eigenvalue weighted by atomic mass is 9.47. The summed E-state index contributed by atoms with van der Waals surface area (Å²) in [6.45, 7) is 7.50. The van der Waals surface area contributed by atoms with Crippen LogP contribution in [0.1, 0.15) is 63.5 Å². The zero-order valence-corrected chi connectivity index (χ0v) is 20.1. The summed E-state index contributed by atoms with van der Waals surface area (Å²) < 4.78 is 0. The number of carbonyl (C=O) groups excluding carboxylic acids is 2. The first kappa shape index (κ1) is 21.7. The van der Waals surface area contributed by atoms with Gasteiger partial charge in [-0.3, -0.25) is 9.59 Å². The molecule has 4 heteroatoms. The fourth-order valence-corrected chi connectivity index (χ4v) is 8.30. The number of nitrogens with one attached hydrogen (secondary N) is 1. The van der Waals surface area contributed by atoms with Crippen LogP contribution in [-0.2, 0) is 16.1 Å². The van der Waals surface area contributed by atoms with Crippen LogP contribution >= 0.6 is 0 Å². The number of aryl methyl sites for hydroxylation is 1. The lowest BCUT2D eigenvalue weighted by molar-refractivity contribution is -0.142. The molecule has 4 nitrogen and oxygen atoms in total. The first-order chi connectivity index (χ1) is 15.2. The van der Waals surface area contributed by atoms with E-state index in [1.807, 2.05) is 18.0 Å². The number of carbonyl (C=O) groups is 2.